The Balaban J connectivity index is 1.26. The van der Waals surface area contributed by atoms with Crippen LogP contribution in [0.5, 0.6) is 0 Å². The summed E-state index contributed by atoms with van der Waals surface area (Å²) < 4.78 is 40.9. The second-order valence-electron chi connectivity index (χ2n) is 25.7. The lowest BCUT2D eigenvalue weighted by Crippen LogP contribution is -2.70. The van der Waals surface area contributed by atoms with Gasteiger partial charge in [-0.1, -0.05) is 98.9 Å². The van der Waals surface area contributed by atoms with E-state index in [1.54, 1.807) is 97.7 Å². The van der Waals surface area contributed by atoms with Crippen molar-refractivity contribution in [3.63, 3.8) is 0 Å². The van der Waals surface area contributed by atoms with Crippen molar-refractivity contribution >= 4 is 11.9 Å². The van der Waals surface area contributed by atoms with E-state index in [0.29, 0.717) is 13.1 Å². The quantitative estimate of drug-likeness (QED) is 0.0971. The first-order valence-electron chi connectivity index (χ1n) is 32.1. The van der Waals surface area contributed by atoms with Crippen molar-refractivity contribution in [2.75, 3.05) is 53.0 Å². The minimum absolute atomic E-state index is 0.148. The largest absolute Gasteiger partial charge is 0.462 e. The summed E-state index contributed by atoms with van der Waals surface area (Å²) in [6, 6.07) is -1.46. The van der Waals surface area contributed by atoms with E-state index in [1.165, 1.54) is 13.0 Å². The van der Waals surface area contributed by atoms with Crippen molar-refractivity contribution in [1.29, 1.82) is 0 Å². The van der Waals surface area contributed by atoms with Crippen molar-refractivity contribution in [1.82, 2.24) is 15.1 Å². The summed E-state index contributed by atoms with van der Waals surface area (Å²) in [6.45, 7) is 5.89. The van der Waals surface area contributed by atoms with Crippen LogP contribution < -0.4 is 5.32 Å². The molecule has 29 nitrogen and oxygen atoms in total. The lowest BCUT2D eigenvalue weighted by atomic mass is 9.81. The number of nitrogens with one attached hydrogen (secondary N) is 1. The molecule has 0 saturated carbocycles. The molecule has 5 unspecified atom stereocenters. The van der Waals surface area contributed by atoms with Crippen molar-refractivity contribution in [2.24, 2.45) is 17.8 Å². The zero-order chi connectivity index (χ0) is 68.5. The van der Waals surface area contributed by atoms with E-state index in [1.807, 2.05) is 18.9 Å². The third-order valence-corrected chi connectivity index (χ3v) is 18.2. The Morgan fingerprint density at radius 2 is 1.22 bits per heavy atom. The number of rotatable bonds is 9. The fourth-order valence-corrected chi connectivity index (χ4v) is 12.2. The van der Waals surface area contributed by atoms with E-state index in [2.05, 4.69) is 5.32 Å². The summed E-state index contributed by atoms with van der Waals surface area (Å²) in [4.78, 5) is 31.0. The molecule has 1 amide bonds. The minimum Gasteiger partial charge on any atom is -0.462 e. The predicted octanol–water partition coefficient (Wildman–Crippen LogP) is -4.34. The lowest BCUT2D eigenvalue weighted by molar-refractivity contribution is -0.368. The van der Waals surface area contributed by atoms with Crippen LogP contribution in [0.15, 0.2) is 85.1 Å². The topological polar surface area (TPSA) is 461 Å². The van der Waals surface area contributed by atoms with Gasteiger partial charge in [0.25, 0.3) is 0 Å². The number of nitrogens with zero attached hydrogens (tertiary/aromatic N) is 2. The molecular formula is C64H103N3O26. The molecule has 93 heavy (non-hydrogen) atoms. The van der Waals surface area contributed by atoms with Gasteiger partial charge in [0, 0.05) is 63.7 Å². The molecule has 28 atom stereocenters. The van der Waals surface area contributed by atoms with Gasteiger partial charge in [-0.25, -0.2) is 0 Å². The number of ether oxygens (including phenoxy) is 7. The first-order valence-corrected chi connectivity index (χ1v) is 32.1. The maximum Gasteiger partial charge on any atom is 0.308 e. The van der Waals surface area contributed by atoms with Crippen molar-refractivity contribution in [2.45, 2.75) is 231 Å². The fourth-order valence-electron chi connectivity index (χ4n) is 12.2. The Kier molecular flexibility index (Phi) is 30.8. The molecule has 0 aliphatic carbocycles. The summed E-state index contributed by atoms with van der Waals surface area (Å²) in [5.74, 6) is -8.52. The molecule has 6 heterocycles. The first-order chi connectivity index (χ1) is 44.0. The number of aliphatic hydroxyl groups excluding tert-OH is 15. The maximum atomic E-state index is 14.6. The van der Waals surface area contributed by atoms with Crippen LogP contribution in [0.1, 0.15) is 79.1 Å². The Hall–Kier alpha value is -3.88. The van der Waals surface area contributed by atoms with Crippen LogP contribution in [0, 0.1) is 17.8 Å². The van der Waals surface area contributed by atoms with Crippen LogP contribution in [0.3, 0.4) is 0 Å². The van der Waals surface area contributed by atoms with Gasteiger partial charge in [0.05, 0.1) is 105 Å². The number of carbonyl (C=O) groups excluding carboxylic acids is 2. The Morgan fingerprint density at radius 1 is 0.613 bits per heavy atom. The first kappa shape index (κ1) is 78.1. The third-order valence-electron chi connectivity index (χ3n) is 18.2. The number of esters is 1. The van der Waals surface area contributed by atoms with Gasteiger partial charge in [-0.05, 0) is 40.2 Å². The fraction of sp³-hybridized carbons (Fsp3) is 0.750. The van der Waals surface area contributed by atoms with Crippen LogP contribution in [-0.4, -0.2) is 314 Å². The van der Waals surface area contributed by atoms with E-state index < -0.39 is 221 Å². The molecular weight excluding hydrogens is 1230 g/mol. The van der Waals surface area contributed by atoms with E-state index in [9.17, 15) is 96.4 Å². The molecule has 5 fully saturated rings. The molecule has 18 N–H and O–H groups in total. The molecule has 0 aromatic rings. The number of aliphatic hydroxyl groups is 17. The Bertz CT molecular complexity index is 2500. The molecule has 29 heteroatoms. The zero-order valence-corrected chi connectivity index (χ0v) is 53.4. The molecule has 6 aliphatic heterocycles. The number of hydrogen-bond donors (Lipinski definition) is 18. The van der Waals surface area contributed by atoms with E-state index in [4.69, 9.17) is 33.2 Å². The van der Waals surface area contributed by atoms with Gasteiger partial charge in [0.1, 0.15) is 54.9 Å². The molecule has 0 aromatic carbocycles. The number of fused-ring (bicyclic) bond motifs is 2. The summed E-state index contributed by atoms with van der Waals surface area (Å²) in [5.41, 5.74) is 0. The number of carbonyl (C=O) groups is 2. The number of hydrogen-bond acceptors (Lipinski definition) is 28. The van der Waals surface area contributed by atoms with Crippen LogP contribution in [-0.2, 0) is 42.7 Å². The van der Waals surface area contributed by atoms with Gasteiger partial charge in [-0.15, -0.1) is 0 Å². The smallest absolute Gasteiger partial charge is 0.308 e. The molecule has 6 aliphatic rings. The Morgan fingerprint density at radius 3 is 1.84 bits per heavy atom. The van der Waals surface area contributed by atoms with Gasteiger partial charge in [-0.3, -0.25) is 9.59 Å². The number of piperazine rings is 1. The molecule has 0 spiro atoms. The highest BCUT2D eigenvalue weighted by Crippen LogP contribution is 2.40. The highest BCUT2D eigenvalue weighted by atomic mass is 16.7. The normalized spacial score (nSPS) is 46.6. The van der Waals surface area contributed by atoms with Gasteiger partial charge in [-0.2, -0.15) is 0 Å². The number of likely N-dealkylation sites (N-methyl/N-ethyl adjacent to an activating group) is 1. The van der Waals surface area contributed by atoms with Crippen molar-refractivity contribution in [3.05, 3.63) is 85.1 Å². The average Bonchev–Trinajstić information content (AvgIpc) is 0.812. The zero-order valence-electron chi connectivity index (χ0n) is 53.4. The van der Waals surface area contributed by atoms with Crippen LogP contribution in [0.4, 0.5) is 0 Å². The predicted molar refractivity (Wildman–Crippen MR) is 329 cm³/mol. The lowest BCUT2D eigenvalue weighted by Gasteiger charge is -2.48. The second kappa shape index (κ2) is 36.6. The minimum atomic E-state index is -2.67. The maximum absolute atomic E-state index is 14.6. The monoisotopic (exact) mass is 1330 g/mol. The van der Waals surface area contributed by atoms with Gasteiger partial charge in [0.2, 0.25) is 11.7 Å². The molecule has 0 aromatic heterocycles. The van der Waals surface area contributed by atoms with E-state index >= 15 is 0 Å². The average molecular weight is 1330 g/mol. The summed E-state index contributed by atoms with van der Waals surface area (Å²) >= 11 is 0. The third kappa shape index (κ3) is 22.3. The number of cyclic esters (lactones) is 1. The molecule has 0 radical (unpaired) electrons. The van der Waals surface area contributed by atoms with E-state index in [0.717, 1.165) is 0 Å². The molecule has 530 valence electrons. The van der Waals surface area contributed by atoms with Crippen LogP contribution in [0.2, 0.25) is 0 Å². The van der Waals surface area contributed by atoms with Crippen molar-refractivity contribution in [3.8, 4) is 0 Å². The highest BCUT2D eigenvalue weighted by molar-refractivity contribution is 5.80. The Labute approximate surface area is 542 Å². The van der Waals surface area contributed by atoms with E-state index in [-0.39, 0.29) is 44.7 Å². The standard InChI is InChI=1S/C64H103N3O26/c1-35-18-16-14-12-10-8-6-7-9-11-13-15-17-19-42(90-61-55(80)51(53(78)38(4)89-61)65-34-64(86)59(83)58(46(75)33-87-64)92-62-57(82)56(81)54(79)48(32-68)91-62)29-47-50(60(84)67-24-22-66(5)23-25-67)45(74)31-63(85,93-47)30-41(71)27-44(73)43(72)21-20-39(69)26-40(70)28-49(76)88-37(3)36(2)52(35)77/h6-19,35-48,50-59,61-62,65,68-75,77-83,85-86H,20-34H2,1-5H3/b7-6+,10-8+,11-9+,14-12+,15-13+,18-16+,19-17+/t35-,36?,37-,38+,39+,40+,41-,42-,43+,44+,45-,46+,47?,48+,50?,51-,52+,53+,54-,55-,56-,57+,58+,59-,61?,62?,63+,64+/m0/s1. The molecule has 2 bridgehead atoms. The highest BCUT2D eigenvalue weighted by Gasteiger charge is 2.56. The molecule has 5 saturated heterocycles. The van der Waals surface area contributed by atoms with Crippen LogP contribution in [0.25, 0.3) is 0 Å². The second-order valence-corrected chi connectivity index (χ2v) is 25.7. The molecule has 6 rings (SSSR count). The summed E-state index contributed by atoms with van der Waals surface area (Å²) in [7, 11) is 1.89. The number of amides is 1. The SMILES string of the molecule is CC1[C@H](C)OC(=O)C[C@H](O)C[C@H](O)CC[C@@H](O)[C@H](O)C[C@H](O)C[C@]2(O)C[C@H](O)C(C(=O)N3CCN(C)CC3)C(C[C@@H](OC3O[C@H](C)[C@@H](O)[C@H](NC[C@@]4(O)OC[C@@H](O)[C@@H](OC5O[C@H](CO)[C@H](O)[C@H](O)[C@H]5O)[C@@H]4O)[C@@H]3O)/C=C/C=C/C=C/C=C/C=C/C=C/C=C/[C@H](C)[C@H]1O)O2. The summed E-state index contributed by atoms with van der Waals surface area (Å²) in [6.07, 6.45) is -13.2. The van der Waals surface area contributed by atoms with Gasteiger partial charge >= 0.3 is 5.97 Å². The summed E-state index contributed by atoms with van der Waals surface area (Å²) in [5, 5.41) is 191. The van der Waals surface area contributed by atoms with Crippen molar-refractivity contribution < 1.29 is 130 Å². The van der Waals surface area contributed by atoms with Gasteiger partial charge < -0.3 is 135 Å². The van der Waals surface area contributed by atoms with Crippen LogP contribution >= 0.6 is 0 Å². The number of allylic oxidation sites excluding steroid dienone is 12. The van der Waals surface area contributed by atoms with Gasteiger partial charge in [0.15, 0.2) is 18.4 Å².